The second-order valence-corrected chi connectivity index (χ2v) is 9.28. The Kier molecular flexibility index (Phi) is 8.19. The molecule has 1 aliphatic heterocycles. The zero-order valence-corrected chi connectivity index (χ0v) is 18.8. The first kappa shape index (κ1) is 23.6. The van der Waals surface area contributed by atoms with Gasteiger partial charge in [0.15, 0.2) is 9.84 Å². The lowest BCUT2D eigenvalue weighted by atomic mass is 9.93. The number of nitrogens with zero attached hydrogens (tertiary/aromatic N) is 1. The Hall–Kier alpha value is -2.65. The van der Waals surface area contributed by atoms with E-state index in [0.29, 0.717) is 24.5 Å². The van der Waals surface area contributed by atoms with Gasteiger partial charge in [-0.15, -0.1) is 0 Å². The summed E-state index contributed by atoms with van der Waals surface area (Å²) in [6.45, 7) is 5.58. The molecule has 0 radical (unpaired) electrons. The molecule has 0 bridgehead atoms. The van der Waals surface area contributed by atoms with Crippen molar-refractivity contribution >= 4 is 27.3 Å². The predicted octanol–water partition coefficient (Wildman–Crippen LogP) is 1.78. The number of nitrogens with two attached hydrogens (primary N) is 1. The van der Waals surface area contributed by atoms with Crippen molar-refractivity contribution in [1.29, 1.82) is 0 Å². The molecule has 9 heteroatoms. The fraction of sp³-hybridized carbons (Fsp3) is 0.429. The number of carbonyl (C=O) groups is 1. The normalized spacial score (nSPS) is 23.4. The number of rotatable bonds is 8. The lowest BCUT2D eigenvalue weighted by molar-refractivity contribution is -0.114. The van der Waals surface area contributed by atoms with E-state index in [-0.39, 0.29) is 22.2 Å². The van der Waals surface area contributed by atoms with Gasteiger partial charge in [0, 0.05) is 25.0 Å². The van der Waals surface area contributed by atoms with Gasteiger partial charge in [-0.05, 0) is 49.6 Å². The van der Waals surface area contributed by atoms with Crippen LogP contribution in [0.4, 0.5) is 5.69 Å². The molecule has 1 atom stereocenters. The average molecular weight is 434 g/mol. The SMILES string of the molecule is CC/C1=C(NCCNC)/N=C(Nc2cccc(S(C)(=O)=O)c2)/C(C(N)=O)=C/CC1C. The first-order valence-electron chi connectivity index (χ1n) is 9.95. The van der Waals surface area contributed by atoms with Gasteiger partial charge in [-0.2, -0.15) is 0 Å². The van der Waals surface area contributed by atoms with E-state index in [1.807, 2.05) is 7.05 Å². The molecule has 5 N–H and O–H groups in total. The van der Waals surface area contributed by atoms with Gasteiger partial charge >= 0.3 is 0 Å². The number of nitrogens with one attached hydrogen (secondary N) is 3. The topological polar surface area (TPSA) is 126 Å². The Bertz CT molecular complexity index is 980. The maximum atomic E-state index is 12.2. The summed E-state index contributed by atoms with van der Waals surface area (Å²) in [4.78, 5) is 17.1. The summed E-state index contributed by atoms with van der Waals surface area (Å²) in [7, 11) is -1.50. The molecule has 2 rings (SSSR count). The number of primary amides is 1. The fourth-order valence-electron chi connectivity index (χ4n) is 3.24. The molecule has 0 aromatic heterocycles. The highest BCUT2D eigenvalue weighted by Gasteiger charge is 2.21. The van der Waals surface area contributed by atoms with E-state index in [9.17, 15) is 13.2 Å². The molecule has 1 aromatic carbocycles. The van der Waals surface area contributed by atoms with Crippen molar-refractivity contribution < 1.29 is 13.2 Å². The van der Waals surface area contributed by atoms with E-state index in [0.717, 1.165) is 24.8 Å². The third-order valence-corrected chi connectivity index (χ3v) is 6.00. The molecule has 0 aliphatic carbocycles. The largest absolute Gasteiger partial charge is 0.369 e. The number of carbonyl (C=O) groups excluding carboxylic acids is 1. The standard InChI is InChI=1S/C21H31N5O3S/c1-5-17-14(2)9-10-18(19(22)27)21(26-20(17)24-12-11-23-3)25-15-7-6-8-16(13-15)30(4,28)29/h6-8,10,13-14,23-24H,5,9,11-12H2,1-4H3,(H2,22,27)(H,25,26)/b18-10+,20-17-. The monoisotopic (exact) mass is 433 g/mol. The van der Waals surface area contributed by atoms with Gasteiger partial charge in [0.1, 0.15) is 11.7 Å². The summed E-state index contributed by atoms with van der Waals surface area (Å²) in [5.74, 6) is 0.592. The van der Waals surface area contributed by atoms with E-state index in [2.05, 4.69) is 29.8 Å². The zero-order valence-electron chi connectivity index (χ0n) is 18.0. The van der Waals surface area contributed by atoms with Crippen LogP contribution in [0.5, 0.6) is 0 Å². The summed E-state index contributed by atoms with van der Waals surface area (Å²) in [5.41, 5.74) is 7.57. The van der Waals surface area contributed by atoms with Crippen molar-refractivity contribution in [2.45, 2.75) is 31.6 Å². The Morgan fingerprint density at radius 3 is 2.63 bits per heavy atom. The lowest BCUT2D eigenvalue weighted by Gasteiger charge is -2.22. The van der Waals surface area contributed by atoms with Crippen LogP contribution in [0, 0.1) is 5.92 Å². The molecule has 0 saturated heterocycles. The van der Waals surface area contributed by atoms with Crippen molar-refractivity contribution in [3.63, 3.8) is 0 Å². The highest BCUT2D eigenvalue weighted by Crippen LogP contribution is 2.26. The summed E-state index contributed by atoms with van der Waals surface area (Å²) >= 11 is 0. The van der Waals surface area contributed by atoms with Crippen LogP contribution in [0.1, 0.15) is 26.7 Å². The van der Waals surface area contributed by atoms with Crippen LogP contribution in [0.15, 0.2) is 57.2 Å². The Labute approximate surface area is 178 Å². The second-order valence-electron chi connectivity index (χ2n) is 7.26. The van der Waals surface area contributed by atoms with Crippen LogP contribution >= 0.6 is 0 Å². The Balaban J connectivity index is 2.54. The van der Waals surface area contributed by atoms with Crippen LogP contribution in [0.3, 0.4) is 0 Å². The molecule has 1 aromatic rings. The molecule has 0 saturated carbocycles. The molecule has 30 heavy (non-hydrogen) atoms. The summed E-state index contributed by atoms with van der Waals surface area (Å²) < 4.78 is 23.8. The number of aliphatic imine (C=N–C) groups is 1. The molecular weight excluding hydrogens is 402 g/mol. The third-order valence-electron chi connectivity index (χ3n) is 4.89. The number of sulfone groups is 1. The molecule has 0 fully saturated rings. The van der Waals surface area contributed by atoms with E-state index < -0.39 is 15.7 Å². The van der Waals surface area contributed by atoms with Gasteiger partial charge < -0.3 is 21.7 Å². The molecule has 164 valence electrons. The van der Waals surface area contributed by atoms with E-state index in [1.54, 1.807) is 18.2 Å². The predicted molar refractivity (Wildman–Crippen MR) is 121 cm³/mol. The number of amidine groups is 1. The quantitative estimate of drug-likeness (QED) is 0.463. The minimum atomic E-state index is -3.37. The van der Waals surface area contributed by atoms with Crippen molar-refractivity contribution in [3.8, 4) is 0 Å². The Morgan fingerprint density at radius 1 is 1.30 bits per heavy atom. The number of amides is 1. The Morgan fingerprint density at radius 2 is 2.03 bits per heavy atom. The maximum absolute atomic E-state index is 12.2. The summed E-state index contributed by atoms with van der Waals surface area (Å²) in [5, 5.41) is 9.53. The van der Waals surface area contributed by atoms with E-state index in [4.69, 9.17) is 10.7 Å². The van der Waals surface area contributed by atoms with Crippen molar-refractivity contribution in [3.05, 3.63) is 47.3 Å². The minimum absolute atomic E-state index is 0.175. The number of benzene rings is 1. The fourth-order valence-corrected chi connectivity index (χ4v) is 3.91. The minimum Gasteiger partial charge on any atom is -0.369 e. The number of anilines is 1. The molecule has 1 heterocycles. The van der Waals surface area contributed by atoms with Gasteiger partial charge in [-0.3, -0.25) is 4.79 Å². The van der Waals surface area contributed by atoms with Gasteiger partial charge in [0.05, 0.1) is 10.5 Å². The van der Waals surface area contributed by atoms with Gasteiger partial charge in [-0.25, -0.2) is 13.4 Å². The smallest absolute Gasteiger partial charge is 0.252 e. The van der Waals surface area contributed by atoms with Gasteiger partial charge in [-0.1, -0.05) is 26.0 Å². The van der Waals surface area contributed by atoms with Crippen LogP contribution in [-0.4, -0.2) is 46.6 Å². The van der Waals surface area contributed by atoms with Crippen molar-refractivity contribution in [2.24, 2.45) is 16.6 Å². The second kappa shape index (κ2) is 10.4. The molecule has 1 amide bonds. The molecule has 0 spiro atoms. The summed E-state index contributed by atoms with van der Waals surface area (Å²) in [6.07, 6.45) is 4.39. The van der Waals surface area contributed by atoms with E-state index in [1.165, 1.54) is 12.1 Å². The maximum Gasteiger partial charge on any atom is 0.252 e. The highest BCUT2D eigenvalue weighted by atomic mass is 32.2. The first-order chi connectivity index (χ1) is 14.2. The van der Waals surface area contributed by atoms with Gasteiger partial charge in [0.2, 0.25) is 0 Å². The van der Waals surface area contributed by atoms with Crippen molar-refractivity contribution in [2.75, 3.05) is 31.7 Å². The molecule has 8 nitrogen and oxygen atoms in total. The van der Waals surface area contributed by atoms with Crippen LogP contribution in [0.2, 0.25) is 0 Å². The summed E-state index contributed by atoms with van der Waals surface area (Å²) in [6, 6.07) is 6.39. The van der Waals surface area contributed by atoms with Gasteiger partial charge in [0.25, 0.3) is 5.91 Å². The lowest BCUT2D eigenvalue weighted by Crippen LogP contribution is -2.31. The van der Waals surface area contributed by atoms with Crippen LogP contribution in [-0.2, 0) is 14.6 Å². The number of allylic oxidation sites excluding steroid dienone is 2. The zero-order chi connectivity index (χ0) is 22.3. The number of likely N-dealkylation sites (N-methyl/N-ethyl adjacent to an activating group) is 1. The number of hydrogen-bond donors (Lipinski definition) is 4. The van der Waals surface area contributed by atoms with E-state index >= 15 is 0 Å². The molecular formula is C21H31N5O3S. The molecule has 1 unspecified atom stereocenters. The van der Waals surface area contributed by atoms with Crippen molar-refractivity contribution in [1.82, 2.24) is 10.6 Å². The van der Waals surface area contributed by atoms with Crippen LogP contribution < -0.4 is 21.7 Å². The number of hydrogen-bond acceptors (Lipinski definition) is 7. The van der Waals surface area contributed by atoms with Crippen LogP contribution in [0.25, 0.3) is 0 Å². The molecule has 1 aliphatic rings. The third kappa shape index (κ3) is 6.17. The highest BCUT2D eigenvalue weighted by molar-refractivity contribution is 7.90. The first-order valence-corrected chi connectivity index (χ1v) is 11.8. The average Bonchev–Trinajstić information content (AvgIpc) is 2.66.